The van der Waals surface area contributed by atoms with Crippen molar-refractivity contribution in [2.24, 2.45) is 0 Å². The molecule has 130 valence electrons. The third kappa shape index (κ3) is 3.76. The molecule has 1 saturated heterocycles. The maximum Gasteiger partial charge on any atom is 0.416 e. The molecule has 0 aromatic heterocycles. The van der Waals surface area contributed by atoms with Crippen molar-refractivity contribution in [1.82, 2.24) is 4.90 Å². The fourth-order valence-corrected chi connectivity index (χ4v) is 2.96. The Morgan fingerprint density at radius 2 is 1.56 bits per heavy atom. The van der Waals surface area contributed by atoms with Gasteiger partial charge in [0.1, 0.15) is 0 Å². The van der Waals surface area contributed by atoms with Crippen LogP contribution in [-0.4, -0.2) is 23.9 Å². The van der Waals surface area contributed by atoms with Crippen LogP contribution in [-0.2, 0) is 6.18 Å². The number of amides is 1. The minimum Gasteiger partial charge on any atom is -0.338 e. The molecule has 0 aliphatic carbocycles. The van der Waals surface area contributed by atoms with E-state index in [1.54, 1.807) is 29.2 Å². The van der Waals surface area contributed by atoms with Crippen molar-refractivity contribution in [3.8, 4) is 11.1 Å². The van der Waals surface area contributed by atoms with Gasteiger partial charge in [0, 0.05) is 18.7 Å². The van der Waals surface area contributed by atoms with E-state index < -0.39 is 11.7 Å². The Hall–Kier alpha value is -2.56. The number of halogens is 3. The standard InChI is InChI=1S/C20H18F3NO/c1-14-10-12-24(13-11-14)19(25)18-5-3-2-4-17(18)15-6-8-16(9-7-15)20(21,22)23/h2-9H,1,10-13H2. The van der Waals surface area contributed by atoms with Crippen LogP contribution in [0, 0.1) is 0 Å². The predicted molar refractivity (Wildman–Crippen MR) is 91.2 cm³/mol. The Morgan fingerprint density at radius 3 is 2.16 bits per heavy atom. The molecule has 1 aliphatic heterocycles. The minimum atomic E-state index is -4.37. The minimum absolute atomic E-state index is 0.0944. The third-order valence-corrected chi connectivity index (χ3v) is 4.44. The zero-order valence-electron chi connectivity index (χ0n) is 13.6. The van der Waals surface area contributed by atoms with E-state index in [-0.39, 0.29) is 5.91 Å². The normalized spacial score (nSPS) is 15.3. The van der Waals surface area contributed by atoms with Crippen LogP contribution < -0.4 is 0 Å². The first-order valence-corrected chi connectivity index (χ1v) is 8.09. The molecular formula is C20H18F3NO. The van der Waals surface area contributed by atoms with Crippen molar-refractivity contribution in [3.63, 3.8) is 0 Å². The molecule has 1 fully saturated rings. The lowest BCUT2D eigenvalue weighted by Gasteiger charge is -2.28. The van der Waals surface area contributed by atoms with Crippen LogP contribution in [0.3, 0.4) is 0 Å². The zero-order valence-corrected chi connectivity index (χ0v) is 13.6. The number of nitrogens with zero attached hydrogens (tertiary/aromatic N) is 1. The van der Waals surface area contributed by atoms with Gasteiger partial charge in [-0.15, -0.1) is 0 Å². The second-order valence-electron chi connectivity index (χ2n) is 6.16. The van der Waals surface area contributed by atoms with E-state index in [1.807, 2.05) is 0 Å². The number of benzene rings is 2. The Balaban J connectivity index is 1.91. The van der Waals surface area contributed by atoms with Crippen molar-refractivity contribution in [2.45, 2.75) is 19.0 Å². The highest BCUT2D eigenvalue weighted by Crippen LogP contribution is 2.32. The van der Waals surface area contributed by atoms with Gasteiger partial charge in [0.15, 0.2) is 0 Å². The number of carbonyl (C=O) groups excluding carboxylic acids is 1. The number of hydrogen-bond acceptors (Lipinski definition) is 1. The fraction of sp³-hybridized carbons (Fsp3) is 0.250. The van der Waals surface area contributed by atoms with Gasteiger partial charge in [-0.3, -0.25) is 4.79 Å². The summed E-state index contributed by atoms with van der Waals surface area (Å²) in [7, 11) is 0. The van der Waals surface area contributed by atoms with Crippen LogP contribution in [0.1, 0.15) is 28.8 Å². The van der Waals surface area contributed by atoms with Crippen LogP contribution in [0.4, 0.5) is 13.2 Å². The molecule has 2 aromatic carbocycles. The summed E-state index contributed by atoms with van der Waals surface area (Å²) < 4.78 is 38.2. The van der Waals surface area contributed by atoms with Gasteiger partial charge in [0.05, 0.1) is 5.56 Å². The van der Waals surface area contributed by atoms with E-state index in [0.29, 0.717) is 29.8 Å². The molecular weight excluding hydrogens is 327 g/mol. The van der Waals surface area contributed by atoms with Crippen molar-refractivity contribution < 1.29 is 18.0 Å². The van der Waals surface area contributed by atoms with Gasteiger partial charge in [0.2, 0.25) is 0 Å². The summed E-state index contributed by atoms with van der Waals surface area (Å²) in [6.07, 6.45) is -2.80. The molecule has 25 heavy (non-hydrogen) atoms. The summed E-state index contributed by atoms with van der Waals surface area (Å²) in [5, 5.41) is 0. The monoisotopic (exact) mass is 345 g/mol. The van der Waals surface area contributed by atoms with E-state index in [0.717, 1.165) is 30.5 Å². The zero-order chi connectivity index (χ0) is 18.0. The molecule has 2 nitrogen and oxygen atoms in total. The highest BCUT2D eigenvalue weighted by molar-refractivity contribution is 6.01. The lowest BCUT2D eigenvalue weighted by Crippen LogP contribution is -2.36. The number of carbonyl (C=O) groups is 1. The Morgan fingerprint density at radius 1 is 0.960 bits per heavy atom. The molecule has 3 rings (SSSR count). The Bertz CT molecular complexity index is 783. The second-order valence-corrected chi connectivity index (χ2v) is 6.16. The van der Waals surface area contributed by atoms with E-state index in [2.05, 4.69) is 6.58 Å². The summed E-state index contributed by atoms with van der Waals surface area (Å²) in [4.78, 5) is 14.6. The average Bonchev–Trinajstić information content (AvgIpc) is 2.61. The first kappa shape index (κ1) is 17.3. The topological polar surface area (TPSA) is 20.3 Å². The molecule has 0 atom stereocenters. The molecule has 1 amide bonds. The lowest BCUT2D eigenvalue weighted by molar-refractivity contribution is -0.137. The van der Waals surface area contributed by atoms with Crippen LogP contribution in [0.15, 0.2) is 60.7 Å². The largest absolute Gasteiger partial charge is 0.416 e. The lowest BCUT2D eigenvalue weighted by atomic mass is 9.97. The maximum atomic E-state index is 12.8. The van der Waals surface area contributed by atoms with Crippen molar-refractivity contribution in [2.75, 3.05) is 13.1 Å². The van der Waals surface area contributed by atoms with Crippen LogP contribution in [0.5, 0.6) is 0 Å². The van der Waals surface area contributed by atoms with Gasteiger partial charge in [-0.1, -0.05) is 42.5 Å². The molecule has 1 aliphatic rings. The fourth-order valence-electron chi connectivity index (χ4n) is 2.96. The van der Waals surface area contributed by atoms with E-state index >= 15 is 0 Å². The molecule has 2 aromatic rings. The molecule has 5 heteroatoms. The smallest absolute Gasteiger partial charge is 0.338 e. The number of hydrogen-bond donors (Lipinski definition) is 0. The third-order valence-electron chi connectivity index (χ3n) is 4.44. The van der Waals surface area contributed by atoms with E-state index in [4.69, 9.17) is 0 Å². The van der Waals surface area contributed by atoms with Crippen molar-refractivity contribution in [3.05, 3.63) is 71.8 Å². The van der Waals surface area contributed by atoms with Gasteiger partial charge in [-0.05, 0) is 42.2 Å². The number of likely N-dealkylation sites (tertiary alicyclic amines) is 1. The number of piperidine rings is 1. The van der Waals surface area contributed by atoms with Gasteiger partial charge >= 0.3 is 6.18 Å². The van der Waals surface area contributed by atoms with E-state index in [1.165, 1.54) is 12.1 Å². The highest BCUT2D eigenvalue weighted by Gasteiger charge is 2.30. The van der Waals surface area contributed by atoms with Gasteiger partial charge in [0.25, 0.3) is 5.91 Å². The number of rotatable bonds is 2. The molecule has 0 saturated carbocycles. The molecule has 0 spiro atoms. The quantitative estimate of drug-likeness (QED) is 0.688. The molecule has 0 bridgehead atoms. The van der Waals surface area contributed by atoms with Gasteiger partial charge in [-0.25, -0.2) is 0 Å². The SMILES string of the molecule is C=C1CCN(C(=O)c2ccccc2-c2ccc(C(F)(F)F)cc2)CC1. The van der Waals surface area contributed by atoms with Crippen molar-refractivity contribution in [1.29, 1.82) is 0 Å². The van der Waals surface area contributed by atoms with Gasteiger partial charge < -0.3 is 4.90 Å². The predicted octanol–water partition coefficient (Wildman–Crippen LogP) is 5.16. The molecule has 1 heterocycles. The van der Waals surface area contributed by atoms with Gasteiger partial charge in [-0.2, -0.15) is 13.2 Å². The first-order valence-electron chi connectivity index (χ1n) is 8.09. The van der Waals surface area contributed by atoms with Crippen LogP contribution in [0.25, 0.3) is 11.1 Å². The molecule has 0 radical (unpaired) electrons. The second kappa shape index (κ2) is 6.75. The summed E-state index contributed by atoms with van der Waals surface area (Å²) in [5.41, 5.74) is 2.19. The maximum absolute atomic E-state index is 12.8. The summed E-state index contributed by atoms with van der Waals surface area (Å²) in [6.45, 7) is 5.19. The Labute approximate surface area is 144 Å². The Kier molecular flexibility index (Phi) is 4.66. The summed E-state index contributed by atoms with van der Waals surface area (Å²) >= 11 is 0. The first-order chi connectivity index (χ1) is 11.9. The van der Waals surface area contributed by atoms with Crippen LogP contribution in [0.2, 0.25) is 0 Å². The average molecular weight is 345 g/mol. The van der Waals surface area contributed by atoms with E-state index in [9.17, 15) is 18.0 Å². The van der Waals surface area contributed by atoms with Crippen LogP contribution >= 0.6 is 0 Å². The molecule has 0 N–H and O–H groups in total. The summed E-state index contributed by atoms with van der Waals surface area (Å²) in [5.74, 6) is -0.0944. The number of alkyl halides is 3. The summed E-state index contributed by atoms with van der Waals surface area (Å²) in [6, 6.07) is 11.9. The molecule has 0 unspecified atom stereocenters. The highest BCUT2D eigenvalue weighted by atomic mass is 19.4. The van der Waals surface area contributed by atoms with Crippen molar-refractivity contribution >= 4 is 5.91 Å².